The van der Waals surface area contributed by atoms with E-state index in [-0.39, 0.29) is 24.8 Å². The fourth-order valence-corrected chi connectivity index (χ4v) is 5.76. The lowest BCUT2D eigenvalue weighted by Crippen LogP contribution is -2.55. The predicted molar refractivity (Wildman–Crippen MR) is 151 cm³/mol. The van der Waals surface area contributed by atoms with Gasteiger partial charge in [-0.1, -0.05) is 43.3 Å². The molecule has 4 heterocycles. The van der Waals surface area contributed by atoms with Crippen LogP contribution < -0.4 is 0 Å². The van der Waals surface area contributed by atoms with Crippen LogP contribution in [0.1, 0.15) is 54.9 Å². The standard InChI is InChI=1S/C28H37N5.2ClH/c1-5-26-30-27-20(2)18-21(3)29-28(27)33(26)19-24-12-10-23(11-13-24)8-6-14-31-16-17-32-15-7-9-25(32)22(31)4;;/h6,8,10-13,18,22,25H,5,7,9,14-17,19H2,1-4H3;2*1H. The second-order valence-electron chi connectivity index (χ2n) is 9.85. The maximum absolute atomic E-state index is 4.88. The van der Waals surface area contributed by atoms with Gasteiger partial charge in [-0.15, -0.1) is 24.8 Å². The SMILES string of the molecule is CCc1nc2c(C)cc(C)nc2n1Cc1ccc(C=CCN2CCN3CCCC3C2C)cc1.Cl.Cl. The minimum Gasteiger partial charge on any atom is -0.308 e. The quantitative estimate of drug-likeness (QED) is 0.422. The van der Waals surface area contributed by atoms with Crippen LogP contribution in [0.3, 0.4) is 0 Å². The number of piperazine rings is 1. The number of rotatable bonds is 6. The fourth-order valence-electron chi connectivity index (χ4n) is 5.76. The summed E-state index contributed by atoms with van der Waals surface area (Å²) in [6.45, 7) is 14.3. The monoisotopic (exact) mass is 515 g/mol. The number of hydrogen-bond donors (Lipinski definition) is 0. The predicted octanol–water partition coefficient (Wildman–Crippen LogP) is 5.68. The third-order valence-corrected chi connectivity index (χ3v) is 7.61. The number of pyridine rings is 1. The number of halogens is 2. The minimum absolute atomic E-state index is 0. The van der Waals surface area contributed by atoms with Crippen molar-refractivity contribution in [2.75, 3.05) is 26.2 Å². The van der Waals surface area contributed by atoms with E-state index in [4.69, 9.17) is 9.97 Å². The molecule has 190 valence electrons. The molecule has 0 aliphatic carbocycles. The van der Waals surface area contributed by atoms with Crippen LogP contribution in [-0.2, 0) is 13.0 Å². The molecule has 0 radical (unpaired) electrons. The van der Waals surface area contributed by atoms with Crippen molar-refractivity contribution in [3.05, 3.63) is 64.6 Å². The molecule has 3 aromatic rings. The van der Waals surface area contributed by atoms with E-state index in [1.54, 1.807) is 0 Å². The van der Waals surface area contributed by atoms with Crippen molar-refractivity contribution in [3.63, 3.8) is 0 Å². The summed E-state index contributed by atoms with van der Waals surface area (Å²) in [5.74, 6) is 1.10. The molecule has 0 bridgehead atoms. The fraction of sp³-hybridized carbons (Fsp3) is 0.500. The second-order valence-corrected chi connectivity index (χ2v) is 9.85. The van der Waals surface area contributed by atoms with Crippen molar-refractivity contribution >= 4 is 42.1 Å². The molecule has 0 amide bonds. The summed E-state index contributed by atoms with van der Waals surface area (Å²) in [6.07, 6.45) is 8.25. The molecule has 5 rings (SSSR count). The molecule has 2 fully saturated rings. The van der Waals surface area contributed by atoms with Gasteiger partial charge in [0.05, 0.1) is 6.54 Å². The smallest absolute Gasteiger partial charge is 0.160 e. The summed E-state index contributed by atoms with van der Waals surface area (Å²) in [6, 6.07) is 12.5. The van der Waals surface area contributed by atoms with Crippen molar-refractivity contribution in [1.29, 1.82) is 0 Å². The van der Waals surface area contributed by atoms with Gasteiger partial charge < -0.3 is 4.57 Å². The molecule has 7 heteroatoms. The lowest BCUT2D eigenvalue weighted by Gasteiger charge is -2.42. The third-order valence-electron chi connectivity index (χ3n) is 7.61. The molecule has 0 N–H and O–H groups in total. The first-order valence-corrected chi connectivity index (χ1v) is 12.6. The van der Waals surface area contributed by atoms with Crippen LogP contribution in [0.5, 0.6) is 0 Å². The average molecular weight is 517 g/mol. The minimum atomic E-state index is 0. The average Bonchev–Trinajstić information content (AvgIpc) is 3.42. The van der Waals surface area contributed by atoms with Crippen LogP contribution in [-0.4, -0.2) is 62.6 Å². The number of nitrogens with zero attached hydrogens (tertiary/aromatic N) is 5. The highest BCUT2D eigenvalue weighted by Crippen LogP contribution is 2.26. The van der Waals surface area contributed by atoms with Crippen LogP contribution >= 0.6 is 24.8 Å². The second kappa shape index (κ2) is 11.9. The van der Waals surface area contributed by atoms with Crippen LogP contribution in [0.25, 0.3) is 17.2 Å². The number of hydrogen-bond acceptors (Lipinski definition) is 4. The Morgan fingerprint density at radius 2 is 1.80 bits per heavy atom. The van der Waals surface area contributed by atoms with Gasteiger partial charge in [0, 0.05) is 43.8 Å². The lowest BCUT2D eigenvalue weighted by atomic mass is 10.0. The van der Waals surface area contributed by atoms with E-state index in [0.717, 1.165) is 48.2 Å². The molecule has 35 heavy (non-hydrogen) atoms. The normalized spacial score (nSPS) is 20.7. The van der Waals surface area contributed by atoms with E-state index in [9.17, 15) is 0 Å². The van der Waals surface area contributed by atoms with Gasteiger partial charge in [-0.25, -0.2) is 9.97 Å². The number of benzene rings is 1. The van der Waals surface area contributed by atoms with Crippen LogP contribution in [0, 0.1) is 13.8 Å². The summed E-state index contributed by atoms with van der Waals surface area (Å²) in [5, 5.41) is 0. The summed E-state index contributed by atoms with van der Waals surface area (Å²) in [7, 11) is 0. The summed E-state index contributed by atoms with van der Waals surface area (Å²) in [4.78, 5) is 15.0. The Hall–Kier alpha value is -1.92. The van der Waals surface area contributed by atoms with Gasteiger partial charge >= 0.3 is 0 Å². The number of aryl methyl sites for hydroxylation is 3. The molecule has 2 atom stereocenters. The molecular weight excluding hydrogens is 477 g/mol. The Bertz CT molecular complexity index is 1150. The molecule has 2 aliphatic heterocycles. The van der Waals surface area contributed by atoms with Crippen LogP contribution in [0.15, 0.2) is 36.4 Å². The van der Waals surface area contributed by atoms with E-state index >= 15 is 0 Å². The number of imidazole rings is 1. The van der Waals surface area contributed by atoms with E-state index < -0.39 is 0 Å². The van der Waals surface area contributed by atoms with Gasteiger partial charge in [-0.2, -0.15) is 0 Å². The lowest BCUT2D eigenvalue weighted by molar-refractivity contribution is 0.0612. The summed E-state index contributed by atoms with van der Waals surface area (Å²) < 4.78 is 2.28. The van der Waals surface area contributed by atoms with E-state index in [1.165, 1.54) is 49.2 Å². The number of aromatic nitrogens is 3. The van der Waals surface area contributed by atoms with Crippen molar-refractivity contribution < 1.29 is 0 Å². The van der Waals surface area contributed by atoms with Crippen molar-refractivity contribution in [2.45, 2.75) is 65.6 Å². The molecule has 2 aromatic heterocycles. The third kappa shape index (κ3) is 5.75. The van der Waals surface area contributed by atoms with E-state index in [1.807, 2.05) is 0 Å². The number of fused-ring (bicyclic) bond motifs is 2. The molecular formula is C28H39Cl2N5. The zero-order valence-electron chi connectivity index (χ0n) is 21.4. The molecule has 2 aliphatic rings. The van der Waals surface area contributed by atoms with E-state index in [2.05, 4.69) is 84.5 Å². The maximum atomic E-state index is 4.88. The summed E-state index contributed by atoms with van der Waals surface area (Å²) in [5.41, 5.74) is 6.84. The topological polar surface area (TPSA) is 37.2 Å². The van der Waals surface area contributed by atoms with Gasteiger partial charge in [0.2, 0.25) is 0 Å². The first-order valence-electron chi connectivity index (χ1n) is 12.6. The molecule has 0 saturated carbocycles. The highest BCUT2D eigenvalue weighted by Gasteiger charge is 2.35. The van der Waals surface area contributed by atoms with Gasteiger partial charge in [0.25, 0.3) is 0 Å². The van der Waals surface area contributed by atoms with Crippen molar-refractivity contribution in [3.8, 4) is 0 Å². The Morgan fingerprint density at radius 1 is 1.03 bits per heavy atom. The zero-order chi connectivity index (χ0) is 22.9. The Kier molecular flexibility index (Phi) is 9.39. The van der Waals surface area contributed by atoms with Crippen molar-refractivity contribution in [1.82, 2.24) is 24.3 Å². The highest BCUT2D eigenvalue weighted by atomic mass is 35.5. The van der Waals surface area contributed by atoms with E-state index in [0.29, 0.717) is 6.04 Å². The Balaban J connectivity index is 0.00000171. The molecule has 0 spiro atoms. The van der Waals surface area contributed by atoms with Gasteiger partial charge in [0.1, 0.15) is 11.3 Å². The van der Waals surface area contributed by atoms with Gasteiger partial charge in [-0.05, 0) is 62.9 Å². The molecule has 1 aromatic carbocycles. The largest absolute Gasteiger partial charge is 0.308 e. The zero-order valence-corrected chi connectivity index (χ0v) is 23.0. The molecule has 2 unspecified atom stereocenters. The van der Waals surface area contributed by atoms with Crippen LogP contribution in [0.4, 0.5) is 0 Å². The highest BCUT2D eigenvalue weighted by molar-refractivity contribution is 5.85. The Labute approximate surface area is 222 Å². The van der Waals surface area contributed by atoms with Crippen LogP contribution in [0.2, 0.25) is 0 Å². The van der Waals surface area contributed by atoms with Crippen molar-refractivity contribution in [2.24, 2.45) is 0 Å². The molecule has 5 nitrogen and oxygen atoms in total. The Morgan fingerprint density at radius 3 is 2.54 bits per heavy atom. The van der Waals surface area contributed by atoms with Gasteiger partial charge in [-0.3, -0.25) is 9.80 Å². The maximum Gasteiger partial charge on any atom is 0.160 e. The molecule has 2 saturated heterocycles. The van der Waals surface area contributed by atoms with Gasteiger partial charge in [0.15, 0.2) is 5.65 Å². The first kappa shape index (κ1) is 27.7. The summed E-state index contributed by atoms with van der Waals surface area (Å²) >= 11 is 0. The first-order chi connectivity index (χ1) is 16.0.